The van der Waals surface area contributed by atoms with Crippen LogP contribution in [-0.4, -0.2) is 35.4 Å². The largest absolute Gasteiger partial charge is 0.481 e. The Balaban J connectivity index is 4.33. The zero-order valence-electron chi connectivity index (χ0n) is 9.10. The second-order valence-electron chi connectivity index (χ2n) is 3.48. The van der Waals surface area contributed by atoms with Gasteiger partial charge in [-0.15, -0.1) is 0 Å². The summed E-state index contributed by atoms with van der Waals surface area (Å²) in [5.41, 5.74) is 0. The Kier molecular flexibility index (Phi) is 6.70. The Hall–Kier alpha value is -1.10. The summed E-state index contributed by atoms with van der Waals surface area (Å²) in [7, 11) is 0. The molecule has 0 rings (SSSR count). The van der Waals surface area contributed by atoms with Gasteiger partial charge in [-0.1, -0.05) is 20.3 Å². The van der Waals surface area contributed by atoms with Gasteiger partial charge in [-0.25, -0.2) is 0 Å². The molecule has 5 nitrogen and oxygen atoms in total. The van der Waals surface area contributed by atoms with E-state index in [1.54, 1.807) is 0 Å². The molecule has 0 aliphatic rings. The highest BCUT2D eigenvalue weighted by molar-refractivity contribution is 5.79. The van der Waals surface area contributed by atoms with Gasteiger partial charge in [0.15, 0.2) is 0 Å². The van der Waals surface area contributed by atoms with Crippen LogP contribution in [0.4, 0.5) is 0 Å². The minimum atomic E-state index is -1.01. The Morgan fingerprint density at radius 1 is 1.40 bits per heavy atom. The molecule has 0 aliphatic carbocycles. The topological polar surface area (TPSA) is 83.8 Å². The SMILES string of the molecule is CCC(C)C(CC(=O)O)C(=O)OCCO. The predicted octanol–water partition coefficient (Wildman–Crippen LogP) is 0.659. The number of carbonyl (C=O) groups excluding carboxylic acids is 1. The third-order valence-electron chi connectivity index (χ3n) is 2.36. The monoisotopic (exact) mass is 218 g/mol. The maximum Gasteiger partial charge on any atom is 0.309 e. The average Bonchev–Trinajstić information content (AvgIpc) is 2.21. The molecule has 0 amide bonds. The van der Waals surface area contributed by atoms with Crippen molar-refractivity contribution in [3.8, 4) is 0 Å². The lowest BCUT2D eigenvalue weighted by Crippen LogP contribution is -2.27. The molecule has 0 fully saturated rings. The van der Waals surface area contributed by atoms with E-state index in [4.69, 9.17) is 14.9 Å². The third kappa shape index (κ3) is 5.37. The number of esters is 1. The fraction of sp³-hybridized carbons (Fsp3) is 0.800. The van der Waals surface area contributed by atoms with E-state index in [0.717, 1.165) is 0 Å². The molecule has 0 saturated heterocycles. The maximum atomic E-state index is 11.4. The van der Waals surface area contributed by atoms with E-state index in [-0.39, 0.29) is 25.6 Å². The number of carboxylic acid groups (broad SMARTS) is 1. The van der Waals surface area contributed by atoms with Crippen LogP contribution in [0.2, 0.25) is 0 Å². The Morgan fingerprint density at radius 2 is 2.00 bits per heavy atom. The number of aliphatic carboxylic acids is 1. The van der Waals surface area contributed by atoms with Crippen molar-refractivity contribution < 1.29 is 24.5 Å². The van der Waals surface area contributed by atoms with Crippen molar-refractivity contribution in [3.63, 3.8) is 0 Å². The molecule has 88 valence electrons. The van der Waals surface area contributed by atoms with Crippen LogP contribution in [0.1, 0.15) is 26.7 Å². The van der Waals surface area contributed by atoms with Crippen molar-refractivity contribution >= 4 is 11.9 Å². The van der Waals surface area contributed by atoms with Gasteiger partial charge in [-0.05, 0) is 5.92 Å². The summed E-state index contributed by atoms with van der Waals surface area (Å²) in [6, 6.07) is 0. The molecule has 0 aromatic rings. The summed E-state index contributed by atoms with van der Waals surface area (Å²) in [6.45, 7) is 3.38. The number of hydrogen-bond acceptors (Lipinski definition) is 4. The van der Waals surface area contributed by atoms with Crippen LogP contribution in [0.3, 0.4) is 0 Å². The van der Waals surface area contributed by atoms with Gasteiger partial charge in [0.1, 0.15) is 6.61 Å². The summed E-state index contributed by atoms with van der Waals surface area (Å²) in [6.07, 6.45) is 0.492. The number of aliphatic hydroxyl groups excluding tert-OH is 1. The van der Waals surface area contributed by atoms with Crippen LogP contribution in [0.5, 0.6) is 0 Å². The first-order valence-corrected chi connectivity index (χ1v) is 5.02. The molecule has 0 bridgehead atoms. The summed E-state index contributed by atoms with van der Waals surface area (Å²) < 4.78 is 4.72. The lowest BCUT2D eigenvalue weighted by molar-refractivity contribution is -0.155. The van der Waals surface area contributed by atoms with Gasteiger partial charge in [0.2, 0.25) is 0 Å². The van der Waals surface area contributed by atoms with Gasteiger partial charge < -0.3 is 14.9 Å². The number of hydrogen-bond donors (Lipinski definition) is 2. The summed E-state index contributed by atoms with van der Waals surface area (Å²) in [5.74, 6) is -2.21. The summed E-state index contributed by atoms with van der Waals surface area (Å²) in [5, 5.41) is 17.1. The second-order valence-corrected chi connectivity index (χ2v) is 3.48. The minimum Gasteiger partial charge on any atom is -0.481 e. The van der Waals surface area contributed by atoms with Crippen LogP contribution in [-0.2, 0) is 14.3 Å². The van der Waals surface area contributed by atoms with E-state index in [1.807, 2.05) is 13.8 Å². The molecule has 2 atom stereocenters. The van der Waals surface area contributed by atoms with Crippen LogP contribution in [0.15, 0.2) is 0 Å². The zero-order valence-corrected chi connectivity index (χ0v) is 9.10. The van der Waals surface area contributed by atoms with E-state index >= 15 is 0 Å². The fourth-order valence-corrected chi connectivity index (χ4v) is 1.24. The summed E-state index contributed by atoms with van der Waals surface area (Å²) >= 11 is 0. The normalized spacial score (nSPS) is 14.3. The molecule has 2 N–H and O–H groups in total. The average molecular weight is 218 g/mol. The highest BCUT2D eigenvalue weighted by Gasteiger charge is 2.27. The zero-order chi connectivity index (χ0) is 11.8. The molecule has 15 heavy (non-hydrogen) atoms. The van der Waals surface area contributed by atoms with Gasteiger partial charge in [0.05, 0.1) is 18.9 Å². The van der Waals surface area contributed by atoms with Crippen LogP contribution < -0.4 is 0 Å². The fourth-order valence-electron chi connectivity index (χ4n) is 1.24. The van der Waals surface area contributed by atoms with E-state index in [2.05, 4.69) is 0 Å². The Morgan fingerprint density at radius 3 is 2.40 bits per heavy atom. The molecular weight excluding hydrogens is 200 g/mol. The standard InChI is InChI=1S/C10H18O5/c1-3-7(2)8(6-9(12)13)10(14)15-5-4-11/h7-8,11H,3-6H2,1-2H3,(H,12,13). The van der Waals surface area contributed by atoms with Gasteiger partial charge in [0, 0.05) is 0 Å². The van der Waals surface area contributed by atoms with Crippen molar-refractivity contribution in [3.05, 3.63) is 0 Å². The number of carboxylic acids is 1. The quantitative estimate of drug-likeness (QED) is 0.613. The highest BCUT2D eigenvalue weighted by Crippen LogP contribution is 2.20. The third-order valence-corrected chi connectivity index (χ3v) is 2.36. The van der Waals surface area contributed by atoms with E-state index in [9.17, 15) is 9.59 Å². The first kappa shape index (κ1) is 13.9. The molecule has 0 radical (unpaired) electrons. The van der Waals surface area contributed by atoms with Crippen molar-refractivity contribution in [1.82, 2.24) is 0 Å². The van der Waals surface area contributed by atoms with Crippen LogP contribution in [0.25, 0.3) is 0 Å². The van der Waals surface area contributed by atoms with Crippen molar-refractivity contribution in [2.24, 2.45) is 11.8 Å². The molecule has 0 aliphatic heterocycles. The lowest BCUT2D eigenvalue weighted by Gasteiger charge is -2.19. The van der Waals surface area contributed by atoms with E-state index < -0.39 is 17.9 Å². The molecule has 2 unspecified atom stereocenters. The molecule has 5 heteroatoms. The maximum absolute atomic E-state index is 11.4. The first-order valence-electron chi connectivity index (χ1n) is 5.02. The number of ether oxygens (including phenoxy) is 1. The van der Waals surface area contributed by atoms with Gasteiger partial charge in [0.25, 0.3) is 0 Å². The Labute approximate surface area is 89.0 Å². The minimum absolute atomic E-state index is 0.0349. The highest BCUT2D eigenvalue weighted by atomic mass is 16.5. The smallest absolute Gasteiger partial charge is 0.309 e. The van der Waals surface area contributed by atoms with Gasteiger partial charge in [-0.3, -0.25) is 9.59 Å². The Bertz CT molecular complexity index is 214. The number of aliphatic hydroxyl groups is 1. The molecule has 0 saturated carbocycles. The number of carbonyl (C=O) groups is 2. The molecule has 0 aromatic heterocycles. The van der Waals surface area contributed by atoms with Crippen molar-refractivity contribution in [1.29, 1.82) is 0 Å². The van der Waals surface area contributed by atoms with Crippen molar-refractivity contribution in [2.45, 2.75) is 26.7 Å². The van der Waals surface area contributed by atoms with E-state index in [1.165, 1.54) is 0 Å². The molecule has 0 aromatic carbocycles. The molecule has 0 heterocycles. The van der Waals surface area contributed by atoms with Gasteiger partial charge >= 0.3 is 11.9 Å². The predicted molar refractivity (Wildman–Crippen MR) is 53.2 cm³/mol. The first-order chi connectivity index (χ1) is 7.02. The molecule has 0 spiro atoms. The van der Waals surface area contributed by atoms with E-state index in [0.29, 0.717) is 6.42 Å². The van der Waals surface area contributed by atoms with Gasteiger partial charge in [-0.2, -0.15) is 0 Å². The van der Waals surface area contributed by atoms with Crippen LogP contribution >= 0.6 is 0 Å². The van der Waals surface area contributed by atoms with Crippen LogP contribution in [0, 0.1) is 11.8 Å². The number of rotatable bonds is 7. The lowest BCUT2D eigenvalue weighted by atomic mass is 9.89. The summed E-state index contributed by atoms with van der Waals surface area (Å²) in [4.78, 5) is 22.0. The second kappa shape index (κ2) is 7.23. The van der Waals surface area contributed by atoms with Crippen molar-refractivity contribution in [2.75, 3.05) is 13.2 Å². The molecular formula is C10H18O5.